The summed E-state index contributed by atoms with van der Waals surface area (Å²) in [6, 6.07) is 0.624. The Balaban J connectivity index is 1.85. The van der Waals surface area contributed by atoms with Gasteiger partial charge in [-0.2, -0.15) is 5.10 Å². The van der Waals surface area contributed by atoms with Gasteiger partial charge in [-0.25, -0.2) is 23.9 Å². The monoisotopic (exact) mass is 373 g/mol. The summed E-state index contributed by atoms with van der Waals surface area (Å²) in [6.45, 7) is 4.88. The van der Waals surface area contributed by atoms with Crippen molar-refractivity contribution >= 4 is 23.6 Å². The molecule has 0 aliphatic carbocycles. The van der Waals surface area contributed by atoms with Crippen LogP contribution in [0.2, 0.25) is 0 Å². The molecule has 10 heteroatoms. The number of urea groups is 1. The average molecular weight is 373 g/mol. The van der Waals surface area contributed by atoms with E-state index in [0.29, 0.717) is 11.3 Å². The Labute approximate surface area is 154 Å². The van der Waals surface area contributed by atoms with E-state index < -0.39 is 24.0 Å². The van der Waals surface area contributed by atoms with Crippen LogP contribution in [0.5, 0.6) is 0 Å². The van der Waals surface area contributed by atoms with E-state index in [1.54, 1.807) is 39.2 Å². The van der Waals surface area contributed by atoms with Crippen molar-refractivity contribution in [3.8, 4) is 0 Å². The molecule has 2 N–H and O–H groups in total. The van der Waals surface area contributed by atoms with Crippen molar-refractivity contribution < 1.29 is 23.9 Å². The second kappa shape index (κ2) is 7.44. The summed E-state index contributed by atoms with van der Waals surface area (Å²) in [4.78, 5) is 40.6. The van der Waals surface area contributed by atoms with Crippen molar-refractivity contribution in [3.05, 3.63) is 41.0 Å². The van der Waals surface area contributed by atoms with E-state index in [4.69, 9.17) is 9.47 Å². The second-order valence-electron chi connectivity index (χ2n) is 5.86. The number of ether oxygens (including phenoxy) is 2. The fourth-order valence-electron chi connectivity index (χ4n) is 2.84. The van der Waals surface area contributed by atoms with Crippen LogP contribution in [0.1, 0.15) is 29.9 Å². The summed E-state index contributed by atoms with van der Waals surface area (Å²) >= 11 is 0. The first-order valence-electron chi connectivity index (χ1n) is 8.37. The Kier molecular flexibility index (Phi) is 5.06. The largest absolute Gasteiger partial charge is 0.463 e. The first kappa shape index (κ1) is 18.4. The van der Waals surface area contributed by atoms with E-state index in [2.05, 4.69) is 20.7 Å². The highest BCUT2D eigenvalue weighted by Gasteiger charge is 2.30. The molecule has 0 saturated heterocycles. The Hall–Kier alpha value is -3.43. The number of hydrogen-bond donors (Lipinski definition) is 2. The fraction of sp³-hybridized carbons (Fsp3) is 0.353. The zero-order valence-corrected chi connectivity index (χ0v) is 15.1. The number of fused-ring (bicyclic) bond motifs is 1. The van der Waals surface area contributed by atoms with Crippen LogP contribution in [-0.2, 0) is 14.3 Å². The summed E-state index contributed by atoms with van der Waals surface area (Å²) in [5.74, 6) is -1.24. The van der Waals surface area contributed by atoms with Gasteiger partial charge in [0.25, 0.3) is 0 Å². The minimum absolute atomic E-state index is 0.181. The van der Waals surface area contributed by atoms with Crippen molar-refractivity contribution in [2.75, 3.05) is 13.2 Å². The molecular weight excluding hydrogens is 354 g/mol. The highest BCUT2D eigenvalue weighted by atomic mass is 16.5. The van der Waals surface area contributed by atoms with Crippen LogP contribution >= 0.6 is 0 Å². The standard InChI is InChI=1S/C17H19N5O5/c1-4-26-15(23)12-9(2)19-17(25)20-11(12)8-27-16(24)13-10(3)21-22-7-5-6-18-14(13)22/h5-7,9H,4,8H2,1-3H3,(H2,19,20,25). The third-order valence-corrected chi connectivity index (χ3v) is 3.99. The van der Waals surface area contributed by atoms with Gasteiger partial charge in [-0.1, -0.05) is 0 Å². The maximum Gasteiger partial charge on any atom is 0.344 e. The lowest BCUT2D eigenvalue weighted by Crippen LogP contribution is -2.50. The minimum Gasteiger partial charge on any atom is -0.463 e. The number of carbonyl (C=O) groups excluding carboxylic acids is 3. The van der Waals surface area contributed by atoms with E-state index in [1.807, 2.05) is 0 Å². The third kappa shape index (κ3) is 3.59. The van der Waals surface area contributed by atoms with Crippen molar-refractivity contribution in [2.45, 2.75) is 26.8 Å². The number of esters is 2. The number of carbonyl (C=O) groups is 3. The molecular formula is C17H19N5O5. The lowest BCUT2D eigenvalue weighted by Gasteiger charge is -2.26. The van der Waals surface area contributed by atoms with Gasteiger partial charge in [0, 0.05) is 12.4 Å². The topological polar surface area (TPSA) is 124 Å². The molecule has 1 aliphatic heterocycles. The SMILES string of the molecule is CCOC(=O)C1=C(COC(=O)c2c(C)nn3cccnc23)NC(=O)NC1C. The maximum absolute atomic E-state index is 12.6. The highest BCUT2D eigenvalue weighted by Crippen LogP contribution is 2.17. The normalized spacial score (nSPS) is 16.7. The number of hydrogen-bond acceptors (Lipinski definition) is 7. The molecule has 1 unspecified atom stereocenters. The van der Waals surface area contributed by atoms with Crippen LogP contribution in [0.15, 0.2) is 29.7 Å². The van der Waals surface area contributed by atoms with Crippen molar-refractivity contribution in [3.63, 3.8) is 0 Å². The Morgan fingerprint density at radius 1 is 1.30 bits per heavy atom. The van der Waals surface area contributed by atoms with Gasteiger partial charge < -0.3 is 20.1 Å². The summed E-state index contributed by atoms with van der Waals surface area (Å²) in [5, 5.41) is 9.29. The average Bonchev–Trinajstić information content (AvgIpc) is 2.95. The molecule has 1 aliphatic rings. The summed E-state index contributed by atoms with van der Waals surface area (Å²) in [7, 11) is 0. The Morgan fingerprint density at radius 3 is 2.81 bits per heavy atom. The van der Waals surface area contributed by atoms with E-state index in [9.17, 15) is 14.4 Å². The lowest BCUT2D eigenvalue weighted by atomic mass is 10.0. The lowest BCUT2D eigenvalue weighted by molar-refractivity contribution is -0.139. The van der Waals surface area contributed by atoms with Gasteiger partial charge in [0.15, 0.2) is 5.65 Å². The van der Waals surface area contributed by atoms with Crippen molar-refractivity contribution in [1.29, 1.82) is 0 Å². The van der Waals surface area contributed by atoms with E-state index >= 15 is 0 Å². The highest BCUT2D eigenvalue weighted by molar-refractivity contribution is 5.98. The van der Waals surface area contributed by atoms with E-state index in [0.717, 1.165) is 0 Å². The first-order valence-corrected chi connectivity index (χ1v) is 8.37. The predicted molar refractivity (Wildman–Crippen MR) is 92.8 cm³/mol. The fourth-order valence-corrected chi connectivity index (χ4v) is 2.84. The quantitative estimate of drug-likeness (QED) is 0.740. The molecule has 2 aromatic heterocycles. The zero-order valence-electron chi connectivity index (χ0n) is 15.1. The number of rotatable bonds is 5. The minimum atomic E-state index is -0.655. The van der Waals surface area contributed by atoms with E-state index in [-0.39, 0.29) is 30.0 Å². The Morgan fingerprint density at radius 2 is 2.07 bits per heavy atom. The van der Waals surface area contributed by atoms with Gasteiger partial charge in [0.2, 0.25) is 0 Å². The molecule has 142 valence electrons. The molecule has 1 atom stereocenters. The van der Waals surface area contributed by atoms with Gasteiger partial charge in [0.05, 0.1) is 29.6 Å². The first-order chi connectivity index (χ1) is 12.9. The zero-order chi connectivity index (χ0) is 19.6. The smallest absolute Gasteiger partial charge is 0.344 e. The molecule has 2 amide bonds. The van der Waals surface area contributed by atoms with Gasteiger partial charge in [-0.05, 0) is 26.8 Å². The second-order valence-corrected chi connectivity index (χ2v) is 5.86. The number of aryl methyl sites for hydroxylation is 1. The number of aromatic nitrogens is 3. The molecule has 0 fully saturated rings. The van der Waals surface area contributed by atoms with Crippen LogP contribution in [-0.4, -0.2) is 51.8 Å². The number of nitrogens with one attached hydrogen (secondary N) is 2. The van der Waals surface area contributed by atoms with Crippen LogP contribution in [0.3, 0.4) is 0 Å². The van der Waals surface area contributed by atoms with Crippen LogP contribution in [0.25, 0.3) is 5.65 Å². The van der Waals surface area contributed by atoms with Gasteiger partial charge >= 0.3 is 18.0 Å². The van der Waals surface area contributed by atoms with Gasteiger partial charge in [-0.15, -0.1) is 0 Å². The number of nitrogens with zero attached hydrogens (tertiary/aromatic N) is 3. The third-order valence-electron chi connectivity index (χ3n) is 3.99. The molecule has 0 bridgehead atoms. The van der Waals surface area contributed by atoms with Crippen molar-refractivity contribution in [2.24, 2.45) is 0 Å². The van der Waals surface area contributed by atoms with Crippen LogP contribution < -0.4 is 10.6 Å². The van der Waals surface area contributed by atoms with Crippen molar-refractivity contribution in [1.82, 2.24) is 25.2 Å². The van der Waals surface area contributed by atoms with Gasteiger partial charge in [0.1, 0.15) is 12.2 Å². The van der Waals surface area contributed by atoms with Crippen LogP contribution in [0, 0.1) is 6.92 Å². The van der Waals surface area contributed by atoms with Gasteiger partial charge in [-0.3, -0.25) is 0 Å². The Bertz CT molecular complexity index is 948. The molecule has 27 heavy (non-hydrogen) atoms. The molecule has 3 rings (SSSR count). The maximum atomic E-state index is 12.6. The number of amides is 2. The summed E-state index contributed by atoms with van der Waals surface area (Å²) in [6.07, 6.45) is 3.21. The molecule has 0 spiro atoms. The summed E-state index contributed by atoms with van der Waals surface area (Å²) in [5.41, 5.74) is 1.43. The summed E-state index contributed by atoms with van der Waals surface area (Å²) < 4.78 is 11.8. The molecule has 0 radical (unpaired) electrons. The van der Waals surface area contributed by atoms with E-state index in [1.165, 1.54) is 4.52 Å². The molecule has 2 aromatic rings. The molecule has 0 saturated carbocycles. The predicted octanol–water partition coefficient (Wildman–Crippen LogP) is 0.713. The molecule has 3 heterocycles. The molecule has 0 aromatic carbocycles. The molecule has 10 nitrogen and oxygen atoms in total. The van der Waals surface area contributed by atoms with Crippen LogP contribution in [0.4, 0.5) is 4.79 Å².